The van der Waals surface area contributed by atoms with Gasteiger partial charge < -0.3 is 19.6 Å². The first-order valence-electron chi connectivity index (χ1n) is 19.8. The molecule has 3 saturated heterocycles. The fourth-order valence-electron chi connectivity index (χ4n) is 9.96. The minimum absolute atomic E-state index is 0.0810. The molecule has 1 unspecified atom stereocenters. The summed E-state index contributed by atoms with van der Waals surface area (Å²) in [7, 11) is 0. The van der Waals surface area contributed by atoms with Crippen LogP contribution in [0.1, 0.15) is 101 Å². The molecule has 3 atom stereocenters. The van der Waals surface area contributed by atoms with Crippen molar-refractivity contribution in [2.45, 2.75) is 76.9 Å². The molecule has 2 N–H and O–H groups in total. The summed E-state index contributed by atoms with van der Waals surface area (Å²) >= 11 is 0. The van der Waals surface area contributed by atoms with Crippen LogP contribution in [-0.2, 0) is 27.5 Å². The Kier molecular flexibility index (Phi) is 8.91. The van der Waals surface area contributed by atoms with Gasteiger partial charge in [-0.15, -0.1) is 0 Å². The van der Waals surface area contributed by atoms with Crippen LogP contribution in [0.15, 0.2) is 54.6 Å². The van der Waals surface area contributed by atoms with E-state index in [-0.39, 0.29) is 53.5 Å². The number of carbonyl (C=O) groups is 5. The summed E-state index contributed by atoms with van der Waals surface area (Å²) in [4.78, 5) is 71.7. The fraction of sp³-hybridized carbons (Fsp3) is 0.465. The number of fused-ring (bicyclic) bond motifs is 3. The molecule has 0 aliphatic carbocycles. The second-order valence-corrected chi connectivity index (χ2v) is 16.4. The van der Waals surface area contributed by atoms with Gasteiger partial charge in [-0.3, -0.25) is 39.1 Å². The van der Waals surface area contributed by atoms with Crippen LogP contribution in [0.25, 0.3) is 0 Å². The first-order chi connectivity index (χ1) is 26.6. The molecule has 12 nitrogen and oxygen atoms in total. The summed E-state index contributed by atoms with van der Waals surface area (Å²) in [5, 5.41) is 12.2. The number of nitrogens with one attached hydrogen (secondary N) is 1. The molecule has 0 aromatic heterocycles. The van der Waals surface area contributed by atoms with Crippen LogP contribution in [0, 0.1) is 11.3 Å². The van der Waals surface area contributed by atoms with Crippen molar-refractivity contribution in [2.75, 3.05) is 44.2 Å². The summed E-state index contributed by atoms with van der Waals surface area (Å²) in [6, 6.07) is 17.0. The third kappa shape index (κ3) is 6.33. The number of nitrogens with zero attached hydrogens (tertiary/aromatic N) is 4. The monoisotopic (exact) mass is 745 g/mol. The molecule has 6 heterocycles. The van der Waals surface area contributed by atoms with Crippen LogP contribution >= 0.6 is 0 Å². The molecular formula is C43H47N5O7. The number of aromatic hydroxyl groups is 1. The highest BCUT2D eigenvalue weighted by Crippen LogP contribution is 2.46. The third-order valence-corrected chi connectivity index (χ3v) is 13.3. The maximum atomic E-state index is 13.5. The van der Waals surface area contributed by atoms with Gasteiger partial charge in [0.2, 0.25) is 17.7 Å². The van der Waals surface area contributed by atoms with Gasteiger partial charge in [-0.05, 0) is 91.0 Å². The molecule has 1 spiro atoms. The minimum Gasteiger partial charge on any atom is -0.508 e. The maximum Gasteiger partial charge on any atom is 0.262 e. The van der Waals surface area contributed by atoms with Gasteiger partial charge in [0.1, 0.15) is 17.5 Å². The van der Waals surface area contributed by atoms with Gasteiger partial charge in [-0.1, -0.05) is 25.1 Å². The van der Waals surface area contributed by atoms with Gasteiger partial charge >= 0.3 is 0 Å². The normalized spacial score (nSPS) is 24.7. The number of likely N-dealkylation sites (tertiary alicyclic amines) is 1. The van der Waals surface area contributed by atoms with Gasteiger partial charge in [0.15, 0.2) is 0 Å². The largest absolute Gasteiger partial charge is 0.508 e. The Morgan fingerprint density at radius 1 is 0.873 bits per heavy atom. The molecule has 5 amide bonds. The molecule has 3 fully saturated rings. The van der Waals surface area contributed by atoms with Crippen LogP contribution in [-0.4, -0.2) is 94.7 Å². The van der Waals surface area contributed by atoms with E-state index in [2.05, 4.69) is 46.3 Å². The lowest BCUT2D eigenvalue weighted by Crippen LogP contribution is -2.54. The van der Waals surface area contributed by atoms with Crippen molar-refractivity contribution in [1.82, 2.24) is 20.0 Å². The van der Waals surface area contributed by atoms with Crippen molar-refractivity contribution < 1.29 is 33.8 Å². The standard InChI is InChI=1S/C43H47N5O7/c1-2-26-25-55-36-21-31(49)7-8-32(36)39(26)27-3-5-30(6-4-27)46-15-11-43(12-16-46)13-17-47(18-14-43)38(51)24-45-22-28-19-33-34(20-29(28)23-45)42(54)48(41(33)53)35-9-10-37(50)44-40(35)52/h3-8,19-21,26,35,39,49H,2,9-18,22-25H2,1H3,(H,44,50,52)/t26-,35?,39+/m0/s1. The van der Waals surface area contributed by atoms with Crippen LogP contribution in [0.5, 0.6) is 11.5 Å². The summed E-state index contributed by atoms with van der Waals surface area (Å²) in [6.07, 6.45) is 5.44. The van der Waals surface area contributed by atoms with Gasteiger partial charge in [-0.25, -0.2) is 0 Å². The van der Waals surface area contributed by atoms with Gasteiger partial charge in [0.25, 0.3) is 11.8 Å². The van der Waals surface area contributed by atoms with Crippen LogP contribution < -0.4 is 15.0 Å². The predicted molar refractivity (Wildman–Crippen MR) is 203 cm³/mol. The lowest BCUT2D eigenvalue weighted by Gasteiger charge is -2.47. The lowest BCUT2D eigenvalue weighted by molar-refractivity contribution is -0.137. The van der Waals surface area contributed by atoms with Gasteiger partial charge in [0, 0.05) is 74.8 Å². The zero-order valence-corrected chi connectivity index (χ0v) is 31.2. The number of hydrogen-bond donors (Lipinski definition) is 2. The number of imide groups is 2. The highest BCUT2D eigenvalue weighted by Gasteiger charge is 2.46. The van der Waals surface area contributed by atoms with E-state index in [0.717, 1.165) is 85.6 Å². The number of anilines is 1. The SMILES string of the molecule is CC[C@H]1COc2cc(O)ccc2[C@H]1c1ccc(N2CCC3(CCN(C(=O)CN4Cc5cc6c(cc5C4)C(=O)N(C4CCC(=O)NC4=O)C6=O)CC3)CC2)cc1. The topological polar surface area (TPSA) is 140 Å². The number of hydrogen-bond acceptors (Lipinski definition) is 9. The number of phenolic OH excluding ortho intramolecular Hbond substituents is 1. The highest BCUT2D eigenvalue weighted by atomic mass is 16.5. The van der Waals surface area contributed by atoms with E-state index in [1.54, 1.807) is 24.3 Å². The molecule has 0 saturated carbocycles. The first kappa shape index (κ1) is 35.5. The van der Waals surface area contributed by atoms with Crippen molar-refractivity contribution in [3.63, 3.8) is 0 Å². The fourth-order valence-corrected chi connectivity index (χ4v) is 9.96. The Balaban J connectivity index is 0.769. The van der Waals surface area contributed by atoms with E-state index in [4.69, 9.17) is 4.74 Å². The minimum atomic E-state index is -0.989. The van der Waals surface area contributed by atoms with Crippen molar-refractivity contribution in [2.24, 2.45) is 11.3 Å². The average molecular weight is 746 g/mol. The van der Waals surface area contributed by atoms with Crippen molar-refractivity contribution >= 4 is 35.2 Å². The Morgan fingerprint density at radius 3 is 2.16 bits per heavy atom. The molecule has 9 rings (SSSR count). The first-order valence-corrected chi connectivity index (χ1v) is 19.8. The van der Waals surface area contributed by atoms with Gasteiger partial charge in [-0.2, -0.15) is 0 Å². The summed E-state index contributed by atoms with van der Waals surface area (Å²) in [5.41, 5.74) is 6.30. The van der Waals surface area contributed by atoms with Crippen molar-refractivity contribution in [3.05, 3.63) is 88.0 Å². The van der Waals surface area contributed by atoms with Crippen molar-refractivity contribution in [1.29, 1.82) is 0 Å². The number of amides is 5. The highest BCUT2D eigenvalue weighted by molar-refractivity contribution is 6.23. The molecule has 286 valence electrons. The number of phenols is 1. The molecule has 0 bridgehead atoms. The van der Waals surface area contributed by atoms with Gasteiger partial charge in [0.05, 0.1) is 24.3 Å². The second kappa shape index (κ2) is 13.8. The lowest BCUT2D eigenvalue weighted by atomic mass is 9.71. The number of ether oxygens (including phenoxy) is 1. The third-order valence-electron chi connectivity index (χ3n) is 13.3. The van der Waals surface area contributed by atoms with E-state index in [1.807, 2.05) is 11.0 Å². The van der Waals surface area contributed by atoms with E-state index >= 15 is 0 Å². The average Bonchev–Trinajstić information content (AvgIpc) is 3.69. The Labute approximate surface area is 320 Å². The number of carbonyl (C=O) groups excluding carboxylic acids is 5. The van der Waals surface area contributed by atoms with E-state index in [1.165, 1.54) is 11.3 Å². The molecule has 6 aliphatic rings. The van der Waals surface area contributed by atoms with Crippen LogP contribution in [0.3, 0.4) is 0 Å². The predicted octanol–water partition coefficient (Wildman–Crippen LogP) is 4.57. The Morgan fingerprint density at radius 2 is 1.53 bits per heavy atom. The smallest absolute Gasteiger partial charge is 0.262 e. The Bertz CT molecular complexity index is 2040. The molecule has 12 heteroatoms. The molecule has 55 heavy (non-hydrogen) atoms. The number of benzene rings is 3. The molecule has 3 aromatic carbocycles. The zero-order valence-electron chi connectivity index (χ0n) is 31.2. The molecule has 6 aliphatic heterocycles. The molecule has 3 aromatic rings. The quantitative estimate of drug-likeness (QED) is 0.348. The summed E-state index contributed by atoms with van der Waals surface area (Å²) in [5.74, 6) is -0.317. The second-order valence-electron chi connectivity index (χ2n) is 16.4. The summed E-state index contributed by atoms with van der Waals surface area (Å²) < 4.78 is 6.01. The number of piperidine rings is 3. The number of rotatable bonds is 6. The van der Waals surface area contributed by atoms with E-state index < -0.39 is 29.7 Å². The van der Waals surface area contributed by atoms with Crippen LogP contribution in [0.2, 0.25) is 0 Å². The Hall–Kier alpha value is -5.23. The van der Waals surface area contributed by atoms with E-state index in [0.29, 0.717) is 25.6 Å². The molecular weight excluding hydrogens is 699 g/mol. The maximum absolute atomic E-state index is 13.5. The van der Waals surface area contributed by atoms with Crippen LogP contribution in [0.4, 0.5) is 5.69 Å². The van der Waals surface area contributed by atoms with Crippen molar-refractivity contribution in [3.8, 4) is 11.5 Å². The molecule has 0 radical (unpaired) electrons. The summed E-state index contributed by atoms with van der Waals surface area (Å²) in [6.45, 7) is 7.65. The zero-order chi connectivity index (χ0) is 38.0. The van der Waals surface area contributed by atoms with E-state index in [9.17, 15) is 29.1 Å².